The van der Waals surface area contributed by atoms with Crippen molar-refractivity contribution in [3.05, 3.63) is 42.5 Å². The fourth-order valence-corrected chi connectivity index (χ4v) is 2.13. The van der Waals surface area contributed by atoms with Crippen molar-refractivity contribution in [3.63, 3.8) is 0 Å². The topological polar surface area (TPSA) is 77.4 Å². The van der Waals surface area contributed by atoms with Crippen LogP contribution in [0.4, 0.5) is 0 Å². The molecular formula is C13H15NaO4S. The Kier molecular flexibility index (Phi) is 7.81. The van der Waals surface area contributed by atoms with Crippen molar-refractivity contribution in [1.29, 1.82) is 0 Å². The van der Waals surface area contributed by atoms with Crippen LogP contribution in [0.5, 0.6) is 0 Å². The largest absolute Gasteiger partial charge is 1.00 e. The molecule has 0 fully saturated rings. The maximum Gasteiger partial charge on any atom is 1.00 e. The van der Waals surface area contributed by atoms with E-state index in [-0.39, 0.29) is 34.5 Å². The second-order valence-electron chi connectivity index (χ2n) is 4.00. The molecule has 0 atom stereocenters. The first kappa shape index (κ1) is 18.6. The summed E-state index contributed by atoms with van der Waals surface area (Å²) >= 11 is 0. The van der Waals surface area contributed by atoms with Crippen molar-refractivity contribution in [2.24, 2.45) is 0 Å². The minimum absolute atomic E-state index is 0. The van der Waals surface area contributed by atoms with Gasteiger partial charge in [-0.3, -0.25) is 4.55 Å². The summed E-state index contributed by atoms with van der Waals surface area (Å²) in [7, 11) is -4.13. The molecule has 0 spiro atoms. The fourth-order valence-electron chi connectivity index (χ4n) is 1.42. The molecular weight excluding hydrogens is 275 g/mol. The molecule has 0 radical (unpaired) electrons. The first-order valence-corrected chi connectivity index (χ1v) is 6.87. The van der Waals surface area contributed by atoms with Gasteiger partial charge in [0.2, 0.25) is 0 Å². The number of hydrogen-bond donors (Lipinski definition) is 1. The van der Waals surface area contributed by atoms with Crippen LogP contribution in [0, 0.1) is 0 Å². The van der Waals surface area contributed by atoms with Crippen molar-refractivity contribution in [1.82, 2.24) is 0 Å². The Morgan fingerprint density at radius 2 is 1.53 bits per heavy atom. The summed E-state index contributed by atoms with van der Waals surface area (Å²) in [6, 6.07) is 11.8. The van der Waals surface area contributed by atoms with Crippen molar-refractivity contribution >= 4 is 20.9 Å². The fraction of sp³-hybridized carbons (Fsp3) is 0.231. The number of hydrogen-bond acceptors (Lipinski definition) is 3. The van der Waals surface area contributed by atoms with Gasteiger partial charge in [0.15, 0.2) is 0 Å². The van der Waals surface area contributed by atoms with Gasteiger partial charge in [0, 0.05) is 5.39 Å². The van der Waals surface area contributed by atoms with Gasteiger partial charge in [-0.15, -0.1) is 6.10 Å². The van der Waals surface area contributed by atoms with E-state index in [9.17, 15) is 13.5 Å². The number of rotatable bonds is 1. The summed E-state index contributed by atoms with van der Waals surface area (Å²) in [5.41, 5.74) is 0. The van der Waals surface area contributed by atoms with Crippen molar-refractivity contribution in [3.8, 4) is 0 Å². The number of fused-ring (bicyclic) bond motifs is 1. The molecule has 4 nitrogen and oxygen atoms in total. The van der Waals surface area contributed by atoms with Crippen LogP contribution in [0.15, 0.2) is 47.4 Å². The Hall–Kier alpha value is -0.430. The quantitative estimate of drug-likeness (QED) is 0.531. The van der Waals surface area contributed by atoms with E-state index >= 15 is 0 Å². The van der Waals surface area contributed by atoms with Crippen LogP contribution in [0.1, 0.15) is 13.8 Å². The maximum absolute atomic E-state index is 11.0. The van der Waals surface area contributed by atoms with Crippen LogP contribution >= 0.6 is 0 Å². The molecule has 0 amide bonds. The van der Waals surface area contributed by atoms with Gasteiger partial charge in [-0.25, -0.2) is 0 Å². The predicted molar refractivity (Wildman–Crippen MR) is 68.9 cm³/mol. The Morgan fingerprint density at radius 1 is 1.05 bits per heavy atom. The molecule has 0 unspecified atom stereocenters. The van der Waals surface area contributed by atoms with Gasteiger partial charge in [-0.05, 0) is 11.5 Å². The van der Waals surface area contributed by atoms with Gasteiger partial charge in [-0.2, -0.15) is 8.42 Å². The third-order valence-electron chi connectivity index (χ3n) is 2.03. The summed E-state index contributed by atoms with van der Waals surface area (Å²) in [5, 5.41) is 10.9. The summed E-state index contributed by atoms with van der Waals surface area (Å²) in [6.07, 6.45) is -0.417. The molecule has 0 saturated heterocycles. The summed E-state index contributed by atoms with van der Waals surface area (Å²) in [5.74, 6) is 0. The molecule has 0 bridgehead atoms. The van der Waals surface area contributed by atoms with Crippen molar-refractivity contribution < 1.29 is 47.6 Å². The molecule has 19 heavy (non-hydrogen) atoms. The molecule has 6 heteroatoms. The molecule has 0 aliphatic rings. The van der Waals surface area contributed by atoms with Crippen molar-refractivity contribution in [2.75, 3.05) is 0 Å². The monoisotopic (exact) mass is 290 g/mol. The standard InChI is InChI=1S/C10H8O3S.C3H7O.Na/c11-14(12,13)10-7-3-5-8-4-1-2-6-9(8)10;1-3(2)4;/h1-7H,(H,11,12,13);3H,1-2H3;/q;-1;+1. The Morgan fingerprint density at radius 3 is 2.05 bits per heavy atom. The average Bonchev–Trinajstić information content (AvgIpc) is 2.26. The maximum atomic E-state index is 11.0. The average molecular weight is 290 g/mol. The van der Waals surface area contributed by atoms with E-state index < -0.39 is 16.2 Å². The van der Waals surface area contributed by atoms with Crippen LogP contribution in [0.2, 0.25) is 0 Å². The third kappa shape index (κ3) is 6.03. The Bertz CT molecular complexity index is 615. The van der Waals surface area contributed by atoms with Gasteiger partial charge in [-0.1, -0.05) is 50.2 Å². The van der Waals surface area contributed by atoms with Gasteiger partial charge in [0.1, 0.15) is 4.90 Å². The van der Waals surface area contributed by atoms with E-state index in [0.29, 0.717) is 5.39 Å². The summed E-state index contributed by atoms with van der Waals surface area (Å²) < 4.78 is 31.0. The minimum atomic E-state index is -4.13. The van der Waals surface area contributed by atoms with E-state index in [2.05, 4.69) is 0 Å². The second-order valence-corrected chi connectivity index (χ2v) is 5.39. The first-order valence-electron chi connectivity index (χ1n) is 5.43. The van der Waals surface area contributed by atoms with E-state index in [1.165, 1.54) is 6.07 Å². The Labute approximate surface area is 135 Å². The number of benzene rings is 2. The van der Waals surface area contributed by atoms with E-state index in [1.54, 1.807) is 44.2 Å². The summed E-state index contributed by atoms with van der Waals surface area (Å²) in [6.45, 7) is 3.22. The smallest absolute Gasteiger partial charge is 0.852 e. The Balaban J connectivity index is 0.000000576. The SMILES string of the molecule is CC(C)[O-].O=S(=O)(O)c1cccc2ccccc12.[Na+]. The molecule has 0 saturated carbocycles. The molecule has 2 aromatic rings. The zero-order valence-corrected chi connectivity index (χ0v) is 14.0. The van der Waals surface area contributed by atoms with E-state index in [1.807, 2.05) is 6.07 Å². The zero-order chi connectivity index (χ0) is 13.8. The second kappa shape index (κ2) is 7.99. The summed E-state index contributed by atoms with van der Waals surface area (Å²) in [4.78, 5) is -0.0457. The molecule has 0 aliphatic heterocycles. The third-order valence-corrected chi connectivity index (χ3v) is 2.94. The van der Waals surface area contributed by atoms with Gasteiger partial charge in [0.05, 0.1) is 0 Å². The normalized spacial score (nSPS) is 10.6. The first-order chi connectivity index (χ1) is 8.32. The van der Waals surface area contributed by atoms with Gasteiger partial charge >= 0.3 is 29.6 Å². The minimum Gasteiger partial charge on any atom is -0.852 e. The predicted octanol–water partition coefficient (Wildman–Crippen LogP) is -1.15. The molecule has 98 valence electrons. The van der Waals surface area contributed by atoms with Crippen LogP contribution in [-0.2, 0) is 10.1 Å². The molecule has 2 aromatic carbocycles. The van der Waals surface area contributed by atoms with Gasteiger partial charge < -0.3 is 5.11 Å². The van der Waals surface area contributed by atoms with Crippen LogP contribution in [-0.4, -0.2) is 19.1 Å². The van der Waals surface area contributed by atoms with Crippen molar-refractivity contribution in [2.45, 2.75) is 24.8 Å². The van der Waals surface area contributed by atoms with E-state index in [4.69, 9.17) is 4.55 Å². The van der Waals surface area contributed by atoms with Gasteiger partial charge in [0.25, 0.3) is 10.1 Å². The van der Waals surface area contributed by atoms with E-state index in [0.717, 1.165) is 5.39 Å². The molecule has 0 heterocycles. The molecule has 2 rings (SSSR count). The molecule has 0 aromatic heterocycles. The van der Waals surface area contributed by atoms with Crippen LogP contribution in [0.25, 0.3) is 10.8 Å². The molecule has 0 aliphatic carbocycles. The van der Waals surface area contributed by atoms with Crippen LogP contribution in [0.3, 0.4) is 0 Å². The molecule has 1 N–H and O–H groups in total. The van der Waals surface area contributed by atoms with Crippen LogP contribution < -0.4 is 34.7 Å². The zero-order valence-electron chi connectivity index (χ0n) is 11.2.